The number of nitro groups is 1. The molecule has 1 aliphatic rings. The molecule has 2 heterocycles. The molecule has 0 aromatic carbocycles. The Kier molecular flexibility index (Phi) is 3.32. The SMILES string of the molecule is CC1CSCCN1c1ncnc(N)c1[N+](=O)[O-]. The minimum absolute atomic E-state index is 0.0783. The molecule has 0 radical (unpaired) electrons. The lowest BCUT2D eigenvalue weighted by molar-refractivity contribution is -0.383. The van der Waals surface area contributed by atoms with Gasteiger partial charge in [0, 0.05) is 24.1 Å². The van der Waals surface area contributed by atoms with Gasteiger partial charge in [0.05, 0.1) is 4.92 Å². The van der Waals surface area contributed by atoms with Crippen LogP contribution in [0.4, 0.5) is 17.3 Å². The van der Waals surface area contributed by atoms with Crippen LogP contribution in [-0.2, 0) is 0 Å². The van der Waals surface area contributed by atoms with Crippen LogP contribution in [0.15, 0.2) is 6.33 Å². The van der Waals surface area contributed by atoms with Crippen molar-refractivity contribution in [1.29, 1.82) is 0 Å². The molecule has 0 amide bonds. The lowest BCUT2D eigenvalue weighted by Gasteiger charge is -2.33. The summed E-state index contributed by atoms with van der Waals surface area (Å²) < 4.78 is 0. The molecule has 92 valence electrons. The zero-order valence-corrected chi connectivity index (χ0v) is 10.2. The van der Waals surface area contributed by atoms with Gasteiger partial charge in [0.1, 0.15) is 6.33 Å². The van der Waals surface area contributed by atoms with Crippen molar-refractivity contribution in [3.63, 3.8) is 0 Å². The number of rotatable bonds is 2. The largest absolute Gasteiger partial charge is 0.378 e. The van der Waals surface area contributed by atoms with Crippen LogP contribution >= 0.6 is 11.8 Å². The van der Waals surface area contributed by atoms with E-state index in [4.69, 9.17) is 5.73 Å². The highest BCUT2D eigenvalue weighted by molar-refractivity contribution is 7.99. The van der Waals surface area contributed by atoms with Crippen molar-refractivity contribution >= 4 is 29.1 Å². The molecule has 2 N–H and O–H groups in total. The van der Waals surface area contributed by atoms with Gasteiger partial charge in [-0.3, -0.25) is 10.1 Å². The number of nitrogen functional groups attached to an aromatic ring is 1. The lowest BCUT2D eigenvalue weighted by Crippen LogP contribution is -2.41. The molecule has 1 atom stereocenters. The van der Waals surface area contributed by atoms with E-state index in [-0.39, 0.29) is 17.5 Å². The Morgan fingerprint density at radius 1 is 1.65 bits per heavy atom. The normalized spacial score (nSPS) is 20.3. The zero-order chi connectivity index (χ0) is 12.4. The second-order valence-corrected chi connectivity index (χ2v) is 4.96. The molecule has 17 heavy (non-hydrogen) atoms. The summed E-state index contributed by atoms with van der Waals surface area (Å²) >= 11 is 1.83. The van der Waals surface area contributed by atoms with Crippen molar-refractivity contribution < 1.29 is 4.92 Å². The minimum atomic E-state index is -0.515. The van der Waals surface area contributed by atoms with Gasteiger partial charge in [0.15, 0.2) is 0 Å². The molecule has 1 unspecified atom stereocenters. The molecule has 0 saturated carbocycles. The summed E-state index contributed by atoms with van der Waals surface area (Å²) in [6.45, 7) is 2.76. The van der Waals surface area contributed by atoms with Gasteiger partial charge in [-0.2, -0.15) is 11.8 Å². The van der Waals surface area contributed by atoms with Crippen LogP contribution in [0, 0.1) is 10.1 Å². The summed E-state index contributed by atoms with van der Waals surface area (Å²) in [5.74, 6) is 2.12. The quantitative estimate of drug-likeness (QED) is 0.619. The number of nitrogens with zero attached hydrogens (tertiary/aromatic N) is 4. The molecule has 1 fully saturated rings. The summed E-state index contributed by atoms with van der Waals surface area (Å²) in [5, 5.41) is 11.0. The molecule has 8 heteroatoms. The van der Waals surface area contributed by atoms with Gasteiger partial charge in [-0.25, -0.2) is 9.97 Å². The average molecular weight is 255 g/mol. The van der Waals surface area contributed by atoms with Gasteiger partial charge in [-0.05, 0) is 6.92 Å². The maximum Gasteiger partial charge on any atom is 0.353 e. The number of nitrogens with two attached hydrogens (primary N) is 1. The predicted octanol–water partition coefficient (Wildman–Crippen LogP) is 0.909. The van der Waals surface area contributed by atoms with E-state index in [1.165, 1.54) is 6.33 Å². The van der Waals surface area contributed by atoms with Crippen LogP contribution in [0.5, 0.6) is 0 Å². The molecule has 2 rings (SSSR count). The van der Waals surface area contributed by atoms with Gasteiger partial charge in [0.2, 0.25) is 11.6 Å². The second kappa shape index (κ2) is 4.74. The molecule has 1 aliphatic heterocycles. The Balaban J connectivity index is 2.43. The first-order valence-corrected chi connectivity index (χ1v) is 6.36. The van der Waals surface area contributed by atoms with Crippen molar-refractivity contribution in [2.24, 2.45) is 0 Å². The Morgan fingerprint density at radius 2 is 2.41 bits per heavy atom. The third-order valence-electron chi connectivity index (χ3n) is 2.65. The first kappa shape index (κ1) is 11.9. The first-order valence-electron chi connectivity index (χ1n) is 5.20. The highest BCUT2D eigenvalue weighted by Crippen LogP contribution is 2.32. The van der Waals surface area contributed by atoms with Gasteiger partial charge < -0.3 is 10.6 Å². The van der Waals surface area contributed by atoms with E-state index in [1.807, 2.05) is 23.6 Å². The van der Waals surface area contributed by atoms with Gasteiger partial charge in [0.25, 0.3) is 0 Å². The average Bonchev–Trinajstić information content (AvgIpc) is 2.28. The standard InChI is InChI=1S/C9H13N5O2S/c1-6-4-17-3-2-13(6)9-7(14(15)16)8(10)11-5-12-9/h5-6H,2-4H2,1H3,(H2,10,11,12). The number of aromatic nitrogens is 2. The van der Waals surface area contributed by atoms with Gasteiger partial charge >= 0.3 is 5.69 Å². The van der Waals surface area contributed by atoms with Crippen molar-refractivity contribution in [2.45, 2.75) is 13.0 Å². The highest BCUT2D eigenvalue weighted by atomic mass is 32.2. The molecular formula is C9H13N5O2S. The van der Waals surface area contributed by atoms with E-state index in [0.717, 1.165) is 18.1 Å². The van der Waals surface area contributed by atoms with E-state index in [2.05, 4.69) is 9.97 Å². The van der Waals surface area contributed by atoms with Crippen molar-refractivity contribution in [3.05, 3.63) is 16.4 Å². The Labute approximate surface area is 103 Å². The summed E-state index contributed by atoms with van der Waals surface area (Å²) in [4.78, 5) is 20.1. The number of hydrogen-bond acceptors (Lipinski definition) is 7. The fourth-order valence-corrected chi connectivity index (χ4v) is 2.82. The van der Waals surface area contributed by atoms with Crippen LogP contribution in [0.25, 0.3) is 0 Å². The van der Waals surface area contributed by atoms with E-state index >= 15 is 0 Å². The van der Waals surface area contributed by atoms with E-state index < -0.39 is 4.92 Å². The van der Waals surface area contributed by atoms with Crippen molar-refractivity contribution in [2.75, 3.05) is 28.7 Å². The Bertz CT molecular complexity index is 441. The van der Waals surface area contributed by atoms with E-state index in [9.17, 15) is 10.1 Å². The van der Waals surface area contributed by atoms with Crippen LogP contribution in [0.1, 0.15) is 6.92 Å². The van der Waals surface area contributed by atoms with Crippen LogP contribution in [-0.4, -0.2) is 39.0 Å². The topological polar surface area (TPSA) is 98.2 Å². The maximum atomic E-state index is 11.0. The minimum Gasteiger partial charge on any atom is -0.378 e. The fraction of sp³-hybridized carbons (Fsp3) is 0.556. The predicted molar refractivity (Wildman–Crippen MR) is 67.2 cm³/mol. The lowest BCUT2D eigenvalue weighted by atomic mass is 10.3. The first-order chi connectivity index (χ1) is 8.11. The van der Waals surface area contributed by atoms with E-state index in [0.29, 0.717) is 5.82 Å². The summed E-state index contributed by atoms with van der Waals surface area (Å²) in [5.41, 5.74) is 5.36. The number of anilines is 2. The molecular weight excluding hydrogens is 242 g/mol. The monoisotopic (exact) mass is 255 g/mol. The van der Waals surface area contributed by atoms with Crippen LogP contribution in [0.3, 0.4) is 0 Å². The fourth-order valence-electron chi connectivity index (χ4n) is 1.81. The Hall–Kier alpha value is -1.57. The molecule has 0 aliphatic carbocycles. The van der Waals surface area contributed by atoms with E-state index in [1.54, 1.807) is 0 Å². The summed E-state index contributed by atoms with van der Waals surface area (Å²) in [6.07, 6.45) is 1.27. The van der Waals surface area contributed by atoms with Crippen LogP contribution < -0.4 is 10.6 Å². The van der Waals surface area contributed by atoms with Crippen molar-refractivity contribution in [1.82, 2.24) is 9.97 Å². The molecule has 1 aromatic rings. The number of thioether (sulfide) groups is 1. The van der Waals surface area contributed by atoms with Crippen molar-refractivity contribution in [3.8, 4) is 0 Å². The molecule has 0 spiro atoms. The zero-order valence-electron chi connectivity index (χ0n) is 9.37. The third-order valence-corrected chi connectivity index (χ3v) is 3.84. The van der Waals surface area contributed by atoms with Gasteiger partial charge in [-0.1, -0.05) is 0 Å². The highest BCUT2D eigenvalue weighted by Gasteiger charge is 2.29. The molecule has 0 bridgehead atoms. The smallest absolute Gasteiger partial charge is 0.353 e. The molecule has 1 aromatic heterocycles. The number of hydrogen-bond donors (Lipinski definition) is 1. The van der Waals surface area contributed by atoms with Gasteiger partial charge in [-0.15, -0.1) is 0 Å². The summed E-state index contributed by atoms with van der Waals surface area (Å²) in [7, 11) is 0. The Morgan fingerprint density at radius 3 is 3.06 bits per heavy atom. The second-order valence-electron chi connectivity index (χ2n) is 3.81. The summed E-state index contributed by atoms with van der Waals surface area (Å²) in [6, 6.07) is 0.210. The van der Waals surface area contributed by atoms with Crippen LogP contribution in [0.2, 0.25) is 0 Å². The third kappa shape index (κ3) is 2.26. The molecule has 7 nitrogen and oxygen atoms in total. The molecule has 1 saturated heterocycles. The maximum absolute atomic E-state index is 11.0.